The van der Waals surface area contributed by atoms with E-state index in [1.165, 1.54) is 12.8 Å². The van der Waals surface area contributed by atoms with Gasteiger partial charge in [-0.05, 0) is 25.2 Å². The van der Waals surface area contributed by atoms with Gasteiger partial charge in [0.15, 0.2) is 11.6 Å². The number of ether oxygens (including phenoxy) is 2. The van der Waals surface area contributed by atoms with Crippen molar-refractivity contribution in [2.75, 3.05) is 41.8 Å². The number of fused-ring (bicyclic) bond motifs is 4. The predicted molar refractivity (Wildman–Crippen MR) is 108 cm³/mol. The molecule has 8 rings (SSSR count). The van der Waals surface area contributed by atoms with Crippen molar-refractivity contribution in [2.24, 2.45) is 5.92 Å². The van der Waals surface area contributed by atoms with E-state index in [4.69, 9.17) is 25.2 Å². The van der Waals surface area contributed by atoms with Gasteiger partial charge in [-0.15, -0.1) is 0 Å². The fraction of sp³-hybridized carbons (Fsp3) is 0.571. The predicted octanol–water partition coefficient (Wildman–Crippen LogP) is 1.63. The molecule has 0 aromatic carbocycles. The second kappa shape index (κ2) is 5.72. The first kappa shape index (κ1) is 16.2. The summed E-state index contributed by atoms with van der Waals surface area (Å²) >= 11 is 0. The van der Waals surface area contributed by atoms with Crippen LogP contribution in [0.5, 0.6) is 5.75 Å². The van der Waals surface area contributed by atoms with Crippen LogP contribution in [0.15, 0.2) is 12.3 Å². The fourth-order valence-corrected chi connectivity index (χ4v) is 5.72. The minimum Gasteiger partial charge on any atom is -0.489 e. The van der Waals surface area contributed by atoms with Gasteiger partial charge in [-0.3, -0.25) is 0 Å². The molecule has 0 spiro atoms. The quantitative estimate of drug-likeness (QED) is 0.843. The van der Waals surface area contributed by atoms with E-state index in [0.29, 0.717) is 30.6 Å². The summed E-state index contributed by atoms with van der Waals surface area (Å²) in [6, 6.07) is 3.14. The van der Waals surface area contributed by atoms with Crippen molar-refractivity contribution < 1.29 is 9.47 Å². The molecule has 0 radical (unpaired) electrons. The molecule has 2 aromatic rings. The van der Waals surface area contributed by atoms with Gasteiger partial charge < -0.3 is 25.0 Å². The van der Waals surface area contributed by atoms with Gasteiger partial charge in [-0.25, -0.2) is 9.97 Å². The summed E-state index contributed by atoms with van der Waals surface area (Å²) in [4.78, 5) is 19.3. The number of hydrogen-bond donors (Lipinski definition) is 1. The Labute approximate surface area is 169 Å². The maximum atomic E-state index is 6.04. The van der Waals surface area contributed by atoms with Crippen molar-refractivity contribution in [3.8, 4) is 17.0 Å². The van der Waals surface area contributed by atoms with Crippen LogP contribution in [0.25, 0.3) is 11.3 Å². The standard InChI is InChI=1S/C21H24N6O2/c22-20-19-15(1-2-28-19)16(7-23-20)17-6-18(26-9-14-5-13(26)10-29-14)25-21(24-17)27-8-11-3-12(27)4-11/h6-7,11-14H,1-5,8-10H2,(H2,22,23). The van der Waals surface area contributed by atoms with Crippen molar-refractivity contribution >= 4 is 17.6 Å². The maximum Gasteiger partial charge on any atom is 0.228 e. The molecule has 1 aliphatic carbocycles. The van der Waals surface area contributed by atoms with Gasteiger partial charge >= 0.3 is 0 Å². The van der Waals surface area contributed by atoms with Crippen molar-refractivity contribution in [1.29, 1.82) is 0 Å². The number of nitrogens with two attached hydrogens (primary N) is 1. The highest BCUT2D eigenvalue weighted by Gasteiger charge is 2.45. The Morgan fingerprint density at radius 1 is 1.07 bits per heavy atom. The molecule has 2 unspecified atom stereocenters. The number of hydrogen-bond acceptors (Lipinski definition) is 8. The third-order valence-corrected chi connectivity index (χ3v) is 7.30. The Morgan fingerprint density at radius 3 is 2.76 bits per heavy atom. The van der Waals surface area contributed by atoms with Crippen LogP contribution < -0.4 is 20.3 Å². The Bertz CT molecular complexity index is 1010. The zero-order valence-corrected chi connectivity index (χ0v) is 16.3. The van der Waals surface area contributed by atoms with Crippen molar-refractivity contribution in [2.45, 2.75) is 43.9 Å². The first-order valence-corrected chi connectivity index (χ1v) is 10.7. The average molecular weight is 392 g/mol. The summed E-state index contributed by atoms with van der Waals surface area (Å²) in [5.41, 5.74) is 9.10. The van der Waals surface area contributed by atoms with Crippen LogP contribution in [0.1, 0.15) is 24.8 Å². The smallest absolute Gasteiger partial charge is 0.228 e. The summed E-state index contributed by atoms with van der Waals surface area (Å²) in [7, 11) is 0. The van der Waals surface area contributed by atoms with Crippen LogP contribution in [0.3, 0.4) is 0 Å². The zero-order chi connectivity index (χ0) is 19.1. The van der Waals surface area contributed by atoms with E-state index in [0.717, 1.165) is 72.8 Å². The van der Waals surface area contributed by atoms with Crippen LogP contribution in [0, 0.1) is 5.92 Å². The number of aromatic nitrogens is 3. The van der Waals surface area contributed by atoms with Crippen LogP contribution in [0.4, 0.5) is 17.6 Å². The summed E-state index contributed by atoms with van der Waals surface area (Å²) in [6.45, 7) is 3.42. The number of morpholine rings is 1. The van der Waals surface area contributed by atoms with E-state index in [-0.39, 0.29) is 0 Å². The number of nitrogen functional groups attached to an aromatic ring is 1. The normalized spacial score (nSPS) is 31.2. The average Bonchev–Trinajstić information content (AvgIpc) is 3.53. The number of pyridine rings is 1. The van der Waals surface area contributed by atoms with Crippen LogP contribution >= 0.6 is 0 Å². The van der Waals surface area contributed by atoms with Crippen molar-refractivity contribution in [1.82, 2.24) is 15.0 Å². The van der Waals surface area contributed by atoms with Crippen LogP contribution in [-0.4, -0.2) is 59.4 Å². The lowest BCUT2D eigenvalue weighted by Crippen LogP contribution is -2.38. The monoisotopic (exact) mass is 392 g/mol. The zero-order valence-electron chi connectivity index (χ0n) is 16.3. The molecule has 0 amide bonds. The van der Waals surface area contributed by atoms with Gasteiger partial charge in [0.05, 0.1) is 31.1 Å². The maximum absolute atomic E-state index is 6.04. The van der Waals surface area contributed by atoms with Gasteiger partial charge in [-0.1, -0.05) is 0 Å². The molecular weight excluding hydrogens is 368 g/mol. The Morgan fingerprint density at radius 2 is 2.00 bits per heavy atom. The fourth-order valence-electron chi connectivity index (χ4n) is 5.72. The third kappa shape index (κ3) is 2.32. The van der Waals surface area contributed by atoms with Crippen LogP contribution in [-0.2, 0) is 11.2 Å². The molecule has 2 atom stereocenters. The van der Waals surface area contributed by atoms with Gasteiger partial charge in [0.2, 0.25) is 5.95 Å². The topological polar surface area (TPSA) is 89.6 Å². The number of nitrogens with zero attached hydrogens (tertiary/aromatic N) is 5. The molecule has 29 heavy (non-hydrogen) atoms. The lowest BCUT2D eigenvalue weighted by Gasteiger charge is -2.30. The molecule has 4 bridgehead atoms. The van der Waals surface area contributed by atoms with Gasteiger partial charge in [0.1, 0.15) is 5.82 Å². The van der Waals surface area contributed by atoms with Gasteiger partial charge in [0.25, 0.3) is 0 Å². The Balaban J connectivity index is 1.36. The highest BCUT2D eigenvalue weighted by atomic mass is 16.5. The number of anilines is 3. The van der Waals surface area contributed by atoms with E-state index in [1.807, 2.05) is 6.20 Å². The van der Waals surface area contributed by atoms with E-state index < -0.39 is 0 Å². The van der Waals surface area contributed by atoms with Crippen molar-refractivity contribution in [3.63, 3.8) is 0 Å². The molecule has 2 aromatic heterocycles. The molecule has 7 heterocycles. The molecular formula is C21H24N6O2. The molecule has 150 valence electrons. The van der Waals surface area contributed by atoms with Gasteiger partial charge in [0, 0.05) is 48.9 Å². The molecule has 5 fully saturated rings. The lowest BCUT2D eigenvalue weighted by molar-refractivity contribution is 0.0989. The minimum atomic E-state index is 0.331. The SMILES string of the molecule is Nc1ncc(-c2cc(N3CC4CC3CO4)nc(N3CC4CC3C4)n2)c2c1OCC2. The summed E-state index contributed by atoms with van der Waals surface area (Å²) in [6.07, 6.45) is 6.66. The Kier molecular flexibility index (Phi) is 3.20. The second-order valence-electron chi connectivity index (χ2n) is 9.02. The molecule has 5 aliphatic heterocycles. The molecule has 2 N–H and O–H groups in total. The molecule has 1 saturated carbocycles. The molecule has 4 saturated heterocycles. The van der Waals surface area contributed by atoms with Crippen LogP contribution in [0.2, 0.25) is 0 Å². The highest BCUT2D eigenvalue weighted by molar-refractivity contribution is 5.74. The lowest BCUT2D eigenvalue weighted by atomic mass is 9.86. The van der Waals surface area contributed by atoms with E-state index in [1.54, 1.807) is 0 Å². The molecule has 8 heteroatoms. The summed E-state index contributed by atoms with van der Waals surface area (Å²) in [5, 5.41) is 0. The van der Waals surface area contributed by atoms with E-state index in [2.05, 4.69) is 20.9 Å². The molecule has 6 aliphatic rings. The first-order valence-electron chi connectivity index (χ1n) is 10.7. The molecule has 8 nitrogen and oxygen atoms in total. The first-order chi connectivity index (χ1) is 14.2. The summed E-state index contributed by atoms with van der Waals surface area (Å²) in [5.74, 6) is 3.86. The largest absolute Gasteiger partial charge is 0.489 e. The number of rotatable bonds is 3. The van der Waals surface area contributed by atoms with Gasteiger partial charge in [-0.2, -0.15) is 4.98 Å². The minimum absolute atomic E-state index is 0.331. The van der Waals surface area contributed by atoms with E-state index >= 15 is 0 Å². The summed E-state index contributed by atoms with van der Waals surface area (Å²) < 4.78 is 11.6. The second-order valence-corrected chi connectivity index (χ2v) is 9.02. The van der Waals surface area contributed by atoms with E-state index in [9.17, 15) is 0 Å². The highest BCUT2D eigenvalue weighted by Crippen LogP contribution is 2.44. The Hall–Kier alpha value is -2.61. The van der Waals surface area contributed by atoms with Crippen molar-refractivity contribution in [3.05, 3.63) is 17.8 Å². The third-order valence-electron chi connectivity index (χ3n) is 7.30.